The molecule has 1 saturated heterocycles. The second-order valence-electron chi connectivity index (χ2n) is 3.36. The summed E-state index contributed by atoms with van der Waals surface area (Å²) in [4.78, 5) is 0. The first-order chi connectivity index (χ1) is 5.41. The molecular formula is C6H14N2O3S. The highest BCUT2D eigenvalue weighted by Gasteiger charge is 2.30. The quantitative estimate of drug-likeness (QED) is 0.613. The van der Waals surface area contributed by atoms with Crippen molar-refractivity contribution in [2.45, 2.75) is 25.3 Å². The van der Waals surface area contributed by atoms with E-state index in [1.54, 1.807) is 6.92 Å². The minimum atomic E-state index is -3.61. The van der Waals surface area contributed by atoms with Crippen LogP contribution in [0.5, 0.6) is 0 Å². The standard InChI is InChI=1S/C6H14N2O3S/c1-6(8-12(7,9)10)3-2-4-11-5-6/h8H,2-5H2,1H3,(H2,7,9,10). The summed E-state index contributed by atoms with van der Waals surface area (Å²) in [7, 11) is -3.61. The largest absolute Gasteiger partial charge is 0.380 e. The van der Waals surface area contributed by atoms with Gasteiger partial charge in [0.15, 0.2) is 0 Å². The minimum absolute atomic E-state index is 0.392. The Labute approximate surface area is 72.5 Å². The topological polar surface area (TPSA) is 81.4 Å². The zero-order chi connectivity index (χ0) is 9.24. The average Bonchev–Trinajstić information content (AvgIpc) is 1.83. The predicted octanol–water partition coefficient (Wildman–Crippen LogP) is -0.651. The molecule has 1 aliphatic rings. The number of rotatable bonds is 2. The van der Waals surface area contributed by atoms with Crippen molar-refractivity contribution in [3.05, 3.63) is 0 Å². The first-order valence-corrected chi connectivity index (χ1v) is 5.35. The Morgan fingerprint density at radius 2 is 2.25 bits per heavy atom. The summed E-state index contributed by atoms with van der Waals surface area (Å²) in [5.41, 5.74) is -0.522. The van der Waals surface area contributed by atoms with Crippen LogP contribution in [-0.2, 0) is 14.9 Å². The van der Waals surface area contributed by atoms with E-state index in [-0.39, 0.29) is 0 Å². The zero-order valence-electron chi connectivity index (χ0n) is 7.04. The van der Waals surface area contributed by atoms with Crippen LogP contribution in [-0.4, -0.2) is 27.2 Å². The Morgan fingerprint density at radius 3 is 2.67 bits per heavy atom. The van der Waals surface area contributed by atoms with Gasteiger partial charge >= 0.3 is 0 Å². The molecule has 1 heterocycles. The van der Waals surface area contributed by atoms with Gasteiger partial charge < -0.3 is 4.74 Å². The van der Waals surface area contributed by atoms with Gasteiger partial charge in [-0.05, 0) is 19.8 Å². The molecular weight excluding hydrogens is 180 g/mol. The van der Waals surface area contributed by atoms with Crippen LogP contribution in [0.2, 0.25) is 0 Å². The maximum absolute atomic E-state index is 10.7. The molecule has 1 fully saturated rings. The van der Waals surface area contributed by atoms with Crippen LogP contribution in [0.1, 0.15) is 19.8 Å². The molecule has 0 aromatic carbocycles. The fourth-order valence-corrected chi connectivity index (χ4v) is 2.21. The molecule has 1 rings (SSSR count). The first-order valence-electron chi connectivity index (χ1n) is 3.81. The van der Waals surface area contributed by atoms with Gasteiger partial charge in [-0.15, -0.1) is 0 Å². The van der Waals surface area contributed by atoms with Gasteiger partial charge in [-0.25, -0.2) is 5.14 Å². The highest BCUT2D eigenvalue weighted by molar-refractivity contribution is 7.87. The molecule has 5 nitrogen and oxygen atoms in total. The van der Waals surface area contributed by atoms with Crippen LogP contribution >= 0.6 is 0 Å². The molecule has 1 aliphatic heterocycles. The molecule has 0 aromatic rings. The SMILES string of the molecule is CC1(NS(N)(=O)=O)CCCOC1. The van der Waals surface area contributed by atoms with Gasteiger partial charge in [0, 0.05) is 6.61 Å². The Morgan fingerprint density at radius 1 is 1.58 bits per heavy atom. The highest BCUT2D eigenvalue weighted by atomic mass is 32.2. The summed E-state index contributed by atoms with van der Waals surface area (Å²) in [5.74, 6) is 0. The zero-order valence-corrected chi connectivity index (χ0v) is 7.86. The lowest BCUT2D eigenvalue weighted by Crippen LogP contribution is -2.53. The molecule has 1 atom stereocenters. The lowest BCUT2D eigenvalue weighted by molar-refractivity contribution is 0.0386. The van der Waals surface area contributed by atoms with E-state index in [4.69, 9.17) is 9.88 Å². The maximum atomic E-state index is 10.7. The van der Waals surface area contributed by atoms with Gasteiger partial charge in [0.05, 0.1) is 12.1 Å². The van der Waals surface area contributed by atoms with Gasteiger partial charge in [-0.3, -0.25) is 0 Å². The summed E-state index contributed by atoms with van der Waals surface area (Å²) in [6.45, 7) is 2.88. The van der Waals surface area contributed by atoms with Gasteiger partial charge in [-0.2, -0.15) is 13.1 Å². The van der Waals surface area contributed by atoms with Crippen molar-refractivity contribution in [2.24, 2.45) is 5.14 Å². The smallest absolute Gasteiger partial charge is 0.274 e. The van der Waals surface area contributed by atoms with E-state index in [2.05, 4.69) is 4.72 Å². The molecule has 6 heteroatoms. The van der Waals surface area contributed by atoms with Crippen molar-refractivity contribution >= 4 is 10.2 Å². The first kappa shape index (κ1) is 9.91. The van der Waals surface area contributed by atoms with Crippen LogP contribution in [0.4, 0.5) is 0 Å². The van der Waals surface area contributed by atoms with Crippen LogP contribution in [0.15, 0.2) is 0 Å². The third-order valence-corrected chi connectivity index (χ3v) is 2.60. The van der Waals surface area contributed by atoms with Crippen molar-refractivity contribution < 1.29 is 13.2 Å². The van der Waals surface area contributed by atoms with Gasteiger partial charge in [-0.1, -0.05) is 0 Å². The van der Waals surface area contributed by atoms with Crippen molar-refractivity contribution in [3.63, 3.8) is 0 Å². The number of nitrogens with one attached hydrogen (secondary N) is 1. The second-order valence-corrected chi connectivity index (χ2v) is 4.66. The van der Waals surface area contributed by atoms with Crippen molar-refractivity contribution in [1.29, 1.82) is 0 Å². The predicted molar refractivity (Wildman–Crippen MR) is 44.7 cm³/mol. The van der Waals surface area contributed by atoms with E-state index in [0.717, 1.165) is 12.8 Å². The van der Waals surface area contributed by atoms with E-state index in [1.165, 1.54) is 0 Å². The summed E-state index contributed by atoms with van der Waals surface area (Å²) >= 11 is 0. The molecule has 0 spiro atoms. The summed E-state index contributed by atoms with van der Waals surface area (Å²) in [6.07, 6.45) is 1.63. The number of ether oxygens (including phenoxy) is 1. The average molecular weight is 194 g/mol. The Bertz CT molecular complexity index is 244. The molecule has 0 bridgehead atoms. The lowest BCUT2D eigenvalue weighted by atomic mass is 9.97. The van der Waals surface area contributed by atoms with Crippen molar-refractivity contribution in [1.82, 2.24) is 4.72 Å². The molecule has 12 heavy (non-hydrogen) atoms. The molecule has 0 aromatic heterocycles. The number of hydrogen-bond acceptors (Lipinski definition) is 3. The third-order valence-electron chi connectivity index (χ3n) is 1.83. The second kappa shape index (κ2) is 3.29. The third kappa shape index (κ3) is 3.06. The van der Waals surface area contributed by atoms with E-state index in [9.17, 15) is 8.42 Å². The van der Waals surface area contributed by atoms with E-state index in [0.29, 0.717) is 13.2 Å². The molecule has 0 radical (unpaired) electrons. The van der Waals surface area contributed by atoms with Crippen LogP contribution in [0.3, 0.4) is 0 Å². The normalized spacial score (nSPS) is 31.8. The fraction of sp³-hybridized carbons (Fsp3) is 1.00. The molecule has 0 saturated carbocycles. The molecule has 3 N–H and O–H groups in total. The van der Waals surface area contributed by atoms with Crippen molar-refractivity contribution in [3.8, 4) is 0 Å². The molecule has 0 aliphatic carbocycles. The van der Waals surface area contributed by atoms with Crippen LogP contribution in [0.25, 0.3) is 0 Å². The Kier molecular flexibility index (Phi) is 2.72. The summed E-state index contributed by atoms with van der Waals surface area (Å²) in [6, 6.07) is 0. The van der Waals surface area contributed by atoms with Gasteiger partial charge in [0.25, 0.3) is 10.2 Å². The Hall–Kier alpha value is -0.170. The van der Waals surface area contributed by atoms with E-state index in [1.807, 2.05) is 0 Å². The molecule has 1 unspecified atom stereocenters. The lowest BCUT2D eigenvalue weighted by Gasteiger charge is -2.32. The van der Waals surface area contributed by atoms with Crippen molar-refractivity contribution in [2.75, 3.05) is 13.2 Å². The maximum Gasteiger partial charge on any atom is 0.274 e. The highest BCUT2D eigenvalue weighted by Crippen LogP contribution is 2.18. The monoisotopic (exact) mass is 194 g/mol. The van der Waals surface area contributed by atoms with E-state index < -0.39 is 15.7 Å². The number of hydrogen-bond donors (Lipinski definition) is 2. The molecule has 0 amide bonds. The fourth-order valence-electron chi connectivity index (χ4n) is 1.36. The van der Waals surface area contributed by atoms with E-state index >= 15 is 0 Å². The summed E-state index contributed by atoms with van der Waals surface area (Å²) < 4.78 is 28.9. The van der Waals surface area contributed by atoms with Gasteiger partial charge in [0.2, 0.25) is 0 Å². The molecule has 72 valence electrons. The van der Waals surface area contributed by atoms with Gasteiger partial charge in [0.1, 0.15) is 0 Å². The minimum Gasteiger partial charge on any atom is -0.380 e. The summed E-state index contributed by atoms with van der Waals surface area (Å²) in [5, 5.41) is 4.86. The van der Waals surface area contributed by atoms with Crippen LogP contribution < -0.4 is 9.86 Å². The van der Waals surface area contributed by atoms with Crippen LogP contribution in [0, 0.1) is 0 Å². The Balaban J connectivity index is 2.59. The number of nitrogens with two attached hydrogens (primary N) is 1.